The number of anilines is 1. The van der Waals surface area contributed by atoms with Crippen molar-refractivity contribution in [2.45, 2.75) is 19.5 Å². The van der Waals surface area contributed by atoms with Gasteiger partial charge < -0.3 is 10.2 Å². The molecule has 2 heterocycles. The summed E-state index contributed by atoms with van der Waals surface area (Å²) in [6.45, 7) is 2.46. The molecule has 1 aliphatic rings. The summed E-state index contributed by atoms with van der Waals surface area (Å²) in [5.74, 6) is 0. The number of nitrogens with zero attached hydrogens (tertiary/aromatic N) is 2. The highest BCUT2D eigenvalue weighted by Gasteiger charge is 2.18. The van der Waals surface area contributed by atoms with Crippen LogP contribution >= 0.6 is 11.3 Å². The molecule has 0 atom stereocenters. The smallest absolute Gasteiger partial charge is 0.321 e. The molecule has 0 saturated heterocycles. The van der Waals surface area contributed by atoms with Crippen molar-refractivity contribution in [3.8, 4) is 0 Å². The lowest BCUT2D eigenvalue weighted by Gasteiger charge is -2.20. The van der Waals surface area contributed by atoms with Crippen LogP contribution < -0.4 is 10.6 Å². The highest BCUT2D eigenvalue weighted by molar-refractivity contribution is 7.15. The van der Waals surface area contributed by atoms with Crippen molar-refractivity contribution in [2.24, 2.45) is 0 Å². The summed E-state index contributed by atoms with van der Waals surface area (Å²) in [6.07, 6.45) is 0.954. The molecule has 21 heavy (non-hydrogen) atoms. The number of hydrogen-bond donors (Lipinski definition) is 2. The molecule has 2 aromatic rings. The van der Waals surface area contributed by atoms with E-state index in [0.29, 0.717) is 11.7 Å². The van der Waals surface area contributed by atoms with Crippen LogP contribution in [0.4, 0.5) is 9.93 Å². The molecular formula is C15H18N4OS. The first-order valence-corrected chi connectivity index (χ1v) is 7.78. The quantitative estimate of drug-likeness (QED) is 0.915. The van der Waals surface area contributed by atoms with E-state index in [2.05, 4.69) is 27.6 Å². The van der Waals surface area contributed by atoms with E-state index in [9.17, 15) is 4.79 Å². The monoisotopic (exact) mass is 302 g/mol. The number of hydrogen-bond acceptors (Lipinski definition) is 4. The minimum Gasteiger partial charge on any atom is -0.334 e. The summed E-state index contributed by atoms with van der Waals surface area (Å²) in [7, 11) is 2.10. The fourth-order valence-corrected chi connectivity index (χ4v) is 3.38. The van der Waals surface area contributed by atoms with E-state index in [1.165, 1.54) is 4.88 Å². The molecule has 3 rings (SSSR count). The summed E-state index contributed by atoms with van der Waals surface area (Å²) < 4.78 is 0. The van der Waals surface area contributed by atoms with E-state index >= 15 is 0 Å². The molecule has 0 bridgehead atoms. The van der Waals surface area contributed by atoms with E-state index in [-0.39, 0.29) is 6.03 Å². The number of thiazole rings is 1. The summed E-state index contributed by atoms with van der Waals surface area (Å²) >= 11 is 1.56. The van der Waals surface area contributed by atoms with Gasteiger partial charge in [0.1, 0.15) is 0 Å². The number of fused-ring (bicyclic) bond motifs is 1. The van der Waals surface area contributed by atoms with Crippen LogP contribution in [0.15, 0.2) is 30.3 Å². The maximum Gasteiger partial charge on any atom is 0.321 e. The predicted octanol–water partition coefficient (Wildman–Crippen LogP) is 2.45. The van der Waals surface area contributed by atoms with E-state index in [4.69, 9.17) is 0 Å². The first kappa shape index (κ1) is 14.0. The molecule has 2 N–H and O–H groups in total. The normalized spacial score (nSPS) is 14.5. The Morgan fingerprint density at radius 2 is 2.19 bits per heavy atom. The Balaban J connectivity index is 1.55. The molecule has 1 aromatic carbocycles. The van der Waals surface area contributed by atoms with Gasteiger partial charge in [-0.3, -0.25) is 5.32 Å². The van der Waals surface area contributed by atoms with Crippen LogP contribution in [-0.4, -0.2) is 29.5 Å². The van der Waals surface area contributed by atoms with E-state index in [1.54, 1.807) is 11.3 Å². The van der Waals surface area contributed by atoms with E-state index in [0.717, 1.165) is 30.8 Å². The van der Waals surface area contributed by atoms with Gasteiger partial charge in [0.15, 0.2) is 5.13 Å². The molecule has 5 nitrogen and oxygen atoms in total. The number of likely N-dealkylation sites (N-methyl/N-ethyl adjacent to an activating group) is 1. The second-order valence-electron chi connectivity index (χ2n) is 5.17. The van der Waals surface area contributed by atoms with Crippen LogP contribution in [0.5, 0.6) is 0 Å². The lowest BCUT2D eigenvalue weighted by molar-refractivity contribution is 0.251. The Bertz CT molecular complexity index is 626. The SMILES string of the molecule is CN1CCc2nc(NC(=O)NCc3ccccc3)sc2C1. The largest absolute Gasteiger partial charge is 0.334 e. The van der Waals surface area contributed by atoms with Crippen molar-refractivity contribution < 1.29 is 4.79 Å². The van der Waals surface area contributed by atoms with Crippen LogP contribution in [0, 0.1) is 0 Å². The Kier molecular flexibility index (Phi) is 4.17. The topological polar surface area (TPSA) is 57.3 Å². The number of nitrogens with one attached hydrogen (secondary N) is 2. The number of benzene rings is 1. The summed E-state index contributed by atoms with van der Waals surface area (Å²) in [4.78, 5) is 19.9. The van der Waals surface area contributed by atoms with Gasteiger partial charge in [-0.1, -0.05) is 30.3 Å². The van der Waals surface area contributed by atoms with Crippen molar-refractivity contribution in [1.82, 2.24) is 15.2 Å². The highest BCUT2D eigenvalue weighted by Crippen LogP contribution is 2.27. The third kappa shape index (κ3) is 3.59. The second kappa shape index (κ2) is 6.24. The van der Waals surface area contributed by atoms with Gasteiger partial charge in [0.05, 0.1) is 5.69 Å². The lowest BCUT2D eigenvalue weighted by Crippen LogP contribution is -2.28. The summed E-state index contributed by atoms with van der Waals surface area (Å²) in [6, 6.07) is 9.64. The van der Waals surface area contributed by atoms with Gasteiger partial charge in [-0.05, 0) is 12.6 Å². The van der Waals surface area contributed by atoms with Gasteiger partial charge in [0.2, 0.25) is 0 Å². The molecule has 0 aliphatic carbocycles. The molecule has 1 aliphatic heterocycles. The van der Waals surface area contributed by atoms with Gasteiger partial charge in [0.25, 0.3) is 0 Å². The zero-order chi connectivity index (χ0) is 14.7. The molecular weight excluding hydrogens is 284 g/mol. The number of carbonyl (C=O) groups excluding carboxylic acids is 1. The maximum atomic E-state index is 11.9. The zero-order valence-corrected chi connectivity index (χ0v) is 12.7. The predicted molar refractivity (Wildman–Crippen MR) is 84.5 cm³/mol. The summed E-state index contributed by atoms with van der Waals surface area (Å²) in [5, 5.41) is 6.35. The van der Waals surface area contributed by atoms with Gasteiger partial charge >= 0.3 is 6.03 Å². The average Bonchev–Trinajstić information content (AvgIpc) is 2.87. The van der Waals surface area contributed by atoms with Crippen LogP contribution in [0.1, 0.15) is 16.1 Å². The number of amides is 2. The van der Waals surface area contributed by atoms with Gasteiger partial charge in [-0.2, -0.15) is 0 Å². The third-order valence-electron chi connectivity index (χ3n) is 3.44. The zero-order valence-electron chi connectivity index (χ0n) is 11.9. The van der Waals surface area contributed by atoms with E-state index < -0.39 is 0 Å². The summed E-state index contributed by atoms with van der Waals surface area (Å²) in [5.41, 5.74) is 2.20. The van der Waals surface area contributed by atoms with Gasteiger partial charge in [0, 0.05) is 30.9 Å². The van der Waals surface area contributed by atoms with Crippen LogP contribution in [-0.2, 0) is 19.5 Å². The molecule has 0 radical (unpaired) electrons. The van der Waals surface area contributed by atoms with Crippen molar-refractivity contribution in [1.29, 1.82) is 0 Å². The minimum atomic E-state index is -0.210. The average molecular weight is 302 g/mol. The molecule has 0 unspecified atom stereocenters. The molecule has 2 amide bonds. The molecule has 0 fully saturated rings. The molecule has 6 heteroatoms. The number of aromatic nitrogens is 1. The van der Waals surface area contributed by atoms with Crippen molar-refractivity contribution in [3.63, 3.8) is 0 Å². The molecule has 0 saturated carbocycles. The van der Waals surface area contributed by atoms with E-state index in [1.807, 2.05) is 30.3 Å². The Labute approximate surface area is 128 Å². The molecule has 1 aromatic heterocycles. The molecule has 0 spiro atoms. The maximum absolute atomic E-state index is 11.9. The van der Waals surface area contributed by atoms with Crippen molar-refractivity contribution in [3.05, 3.63) is 46.5 Å². The number of rotatable bonds is 3. The Morgan fingerprint density at radius 3 is 3.00 bits per heavy atom. The number of carbonyl (C=O) groups is 1. The third-order valence-corrected chi connectivity index (χ3v) is 4.44. The first-order chi connectivity index (χ1) is 10.2. The fraction of sp³-hybridized carbons (Fsp3) is 0.333. The van der Waals surface area contributed by atoms with Crippen LogP contribution in [0.25, 0.3) is 0 Å². The highest BCUT2D eigenvalue weighted by atomic mass is 32.1. The van der Waals surface area contributed by atoms with Gasteiger partial charge in [-0.15, -0.1) is 11.3 Å². The van der Waals surface area contributed by atoms with Crippen LogP contribution in [0.2, 0.25) is 0 Å². The standard InChI is InChI=1S/C15H18N4OS/c1-19-8-7-12-13(10-19)21-15(17-12)18-14(20)16-9-11-5-3-2-4-6-11/h2-6H,7-10H2,1H3,(H2,16,17,18,20). The molecule has 110 valence electrons. The first-order valence-electron chi connectivity index (χ1n) is 6.96. The van der Waals surface area contributed by atoms with Gasteiger partial charge in [-0.25, -0.2) is 9.78 Å². The fourth-order valence-electron chi connectivity index (χ4n) is 2.30. The minimum absolute atomic E-state index is 0.210. The number of urea groups is 1. The Hall–Kier alpha value is -1.92. The Morgan fingerprint density at radius 1 is 1.38 bits per heavy atom. The van der Waals surface area contributed by atoms with Crippen molar-refractivity contribution >= 4 is 22.5 Å². The van der Waals surface area contributed by atoms with Crippen molar-refractivity contribution in [2.75, 3.05) is 18.9 Å². The lowest BCUT2D eigenvalue weighted by atomic mass is 10.2. The van der Waals surface area contributed by atoms with Crippen LogP contribution in [0.3, 0.4) is 0 Å². The second-order valence-corrected chi connectivity index (χ2v) is 6.25.